The van der Waals surface area contributed by atoms with Gasteiger partial charge in [0.2, 0.25) is 0 Å². The molecule has 156 valence electrons. The minimum atomic E-state index is -0.142. The highest BCUT2D eigenvalue weighted by atomic mass is 35.5. The number of fused-ring (bicyclic) bond motifs is 1. The number of hydrogen-bond donors (Lipinski definition) is 2. The van der Waals surface area contributed by atoms with Gasteiger partial charge in [0.1, 0.15) is 5.70 Å². The van der Waals surface area contributed by atoms with Crippen LogP contribution < -0.4 is 32.5 Å². The molecule has 6 heteroatoms. The predicted octanol–water partition coefficient (Wildman–Crippen LogP) is 0.202. The molecule has 2 aromatic carbocycles. The van der Waals surface area contributed by atoms with E-state index in [4.69, 9.17) is 9.47 Å². The molecule has 5 nitrogen and oxygen atoms in total. The lowest BCUT2D eigenvalue weighted by Gasteiger charge is -2.31. The molecule has 0 saturated carbocycles. The summed E-state index contributed by atoms with van der Waals surface area (Å²) in [6, 6.07) is 9.97. The molecule has 29 heavy (non-hydrogen) atoms. The van der Waals surface area contributed by atoms with E-state index in [-0.39, 0.29) is 23.9 Å². The number of anilines is 1. The smallest absolute Gasteiger partial charge is 0.254 e. The second-order valence-electron chi connectivity index (χ2n) is 8.08. The second-order valence-corrected chi connectivity index (χ2v) is 8.08. The molecule has 0 fully saturated rings. The zero-order valence-electron chi connectivity index (χ0n) is 17.9. The maximum absolute atomic E-state index is 12.8. The number of nitrogens with one attached hydrogen (secondary N) is 1. The van der Waals surface area contributed by atoms with Gasteiger partial charge in [0.25, 0.3) is 5.91 Å². The maximum Gasteiger partial charge on any atom is 0.254 e. The highest BCUT2D eigenvalue weighted by molar-refractivity contribution is 6.03. The lowest BCUT2D eigenvalue weighted by atomic mass is 9.85. The van der Waals surface area contributed by atoms with Crippen LogP contribution in [-0.2, 0) is 11.2 Å². The van der Waals surface area contributed by atoms with Gasteiger partial charge in [-0.25, -0.2) is 0 Å². The first-order valence-corrected chi connectivity index (χ1v) is 9.43. The van der Waals surface area contributed by atoms with Crippen molar-refractivity contribution < 1.29 is 32.0 Å². The third-order valence-electron chi connectivity index (χ3n) is 5.04. The van der Waals surface area contributed by atoms with Gasteiger partial charge in [0.05, 0.1) is 25.8 Å². The van der Waals surface area contributed by atoms with Crippen LogP contribution >= 0.6 is 0 Å². The van der Waals surface area contributed by atoms with Gasteiger partial charge in [-0.05, 0) is 57.0 Å². The predicted molar refractivity (Wildman–Crippen MR) is 112 cm³/mol. The molecule has 1 aliphatic rings. The largest absolute Gasteiger partial charge is 1.00 e. The average Bonchev–Trinajstić information content (AvgIpc) is 2.62. The van der Waals surface area contributed by atoms with Crippen molar-refractivity contribution in [2.75, 3.05) is 19.5 Å². The minimum absolute atomic E-state index is 0. The Labute approximate surface area is 178 Å². The van der Waals surface area contributed by atoms with Gasteiger partial charge < -0.3 is 32.5 Å². The maximum atomic E-state index is 12.8. The van der Waals surface area contributed by atoms with Crippen LogP contribution in [0.1, 0.15) is 36.1 Å². The van der Waals surface area contributed by atoms with E-state index >= 15 is 0 Å². The van der Waals surface area contributed by atoms with Crippen LogP contribution in [0.25, 0.3) is 5.70 Å². The number of halogens is 1. The summed E-state index contributed by atoms with van der Waals surface area (Å²) in [6.45, 7) is 8.38. The summed E-state index contributed by atoms with van der Waals surface area (Å²) in [5, 5.41) is 5.16. The molecule has 1 amide bonds. The molecule has 0 saturated heterocycles. The Morgan fingerprint density at radius 1 is 1.10 bits per heavy atom. The van der Waals surface area contributed by atoms with Gasteiger partial charge in [-0.15, -0.1) is 0 Å². The topological polar surface area (TPSA) is 64.2 Å². The molecule has 3 rings (SSSR count). The van der Waals surface area contributed by atoms with Crippen LogP contribution in [0.4, 0.5) is 5.69 Å². The fourth-order valence-electron chi connectivity index (χ4n) is 3.76. The first-order valence-electron chi connectivity index (χ1n) is 9.43. The quantitative estimate of drug-likeness (QED) is 0.700. The lowest BCUT2D eigenvalue weighted by molar-refractivity contribution is -0.641. The van der Waals surface area contributed by atoms with E-state index in [1.54, 1.807) is 20.3 Å². The average molecular weight is 417 g/mol. The van der Waals surface area contributed by atoms with Crippen molar-refractivity contribution in [3.05, 3.63) is 58.7 Å². The number of carbonyl (C=O) groups is 1. The number of hydrogen-bond acceptors (Lipinski definition) is 3. The Balaban J connectivity index is 0.00000300. The molecule has 0 atom stereocenters. The van der Waals surface area contributed by atoms with E-state index in [2.05, 4.69) is 30.5 Å². The Morgan fingerprint density at radius 2 is 1.76 bits per heavy atom. The third kappa shape index (κ3) is 5.11. The van der Waals surface area contributed by atoms with Crippen LogP contribution in [0.5, 0.6) is 11.5 Å². The van der Waals surface area contributed by atoms with Crippen LogP contribution in [0.2, 0.25) is 0 Å². The summed E-state index contributed by atoms with van der Waals surface area (Å²) in [5.41, 5.74) is 6.05. The van der Waals surface area contributed by atoms with E-state index in [9.17, 15) is 4.79 Å². The number of amides is 1. The summed E-state index contributed by atoms with van der Waals surface area (Å²) in [6.07, 6.45) is 2.55. The molecule has 1 aliphatic heterocycles. The van der Waals surface area contributed by atoms with Gasteiger partial charge >= 0.3 is 0 Å². The Morgan fingerprint density at radius 3 is 2.38 bits per heavy atom. The molecule has 0 aromatic heterocycles. The molecule has 0 aliphatic carbocycles. The van der Waals surface area contributed by atoms with Crippen LogP contribution in [-0.4, -0.2) is 25.7 Å². The summed E-state index contributed by atoms with van der Waals surface area (Å²) >= 11 is 0. The van der Waals surface area contributed by atoms with Gasteiger partial charge in [-0.2, -0.15) is 0 Å². The second kappa shape index (κ2) is 8.89. The number of quaternary nitrogens is 1. The van der Waals surface area contributed by atoms with Gasteiger partial charge in [0.15, 0.2) is 11.5 Å². The summed E-state index contributed by atoms with van der Waals surface area (Å²) < 4.78 is 10.9. The Kier molecular flexibility index (Phi) is 6.98. The van der Waals surface area contributed by atoms with E-state index in [0.717, 1.165) is 34.5 Å². The zero-order valence-corrected chi connectivity index (χ0v) is 18.6. The molecule has 0 unspecified atom stereocenters. The molecular formula is C23H29ClN2O3. The summed E-state index contributed by atoms with van der Waals surface area (Å²) in [7, 11) is 3.26. The van der Waals surface area contributed by atoms with Crippen molar-refractivity contribution >= 4 is 17.3 Å². The highest BCUT2D eigenvalue weighted by Crippen LogP contribution is 2.35. The van der Waals surface area contributed by atoms with Crippen molar-refractivity contribution in [1.82, 2.24) is 0 Å². The first-order chi connectivity index (χ1) is 13.2. The molecule has 3 N–H and O–H groups in total. The van der Waals surface area contributed by atoms with Gasteiger partial charge in [-0.3, -0.25) is 4.79 Å². The lowest BCUT2D eigenvalue weighted by Crippen LogP contribution is -3.00. The van der Waals surface area contributed by atoms with Crippen molar-refractivity contribution in [3.63, 3.8) is 0 Å². The van der Waals surface area contributed by atoms with E-state index in [0.29, 0.717) is 11.5 Å². The number of benzene rings is 2. The van der Waals surface area contributed by atoms with Crippen molar-refractivity contribution in [3.8, 4) is 11.5 Å². The molecule has 0 radical (unpaired) electrons. The zero-order chi connectivity index (χ0) is 20.5. The van der Waals surface area contributed by atoms with E-state index in [1.165, 1.54) is 5.56 Å². The number of rotatable bonds is 4. The number of nitrogens with two attached hydrogens (primary N) is 1. The molecule has 2 aromatic rings. The fourth-order valence-corrected chi connectivity index (χ4v) is 3.76. The van der Waals surface area contributed by atoms with E-state index in [1.807, 2.05) is 38.1 Å². The van der Waals surface area contributed by atoms with Crippen LogP contribution in [0, 0.1) is 13.8 Å². The summed E-state index contributed by atoms with van der Waals surface area (Å²) in [5.74, 6) is 1.23. The fraction of sp³-hybridized carbons (Fsp3) is 0.348. The molecule has 1 heterocycles. The van der Waals surface area contributed by atoms with Crippen LogP contribution in [0.15, 0.2) is 36.4 Å². The first kappa shape index (κ1) is 22.8. The number of carbonyl (C=O) groups excluding carboxylic acids is 1. The normalized spacial score (nSPS) is 15.9. The highest BCUT2D eigenvalue weighted by Gasteiger charge is 2.34. The molecule has 0 bridgehead atoms. The standard InChI is InChI=1S/C23H28N2O3.ClH/c1-14-7-8-18(15(2)9-14)24-22(26)12-19-17-11-21(28-6)20(27-5)10-16(17)13-23(3,4)25-19;/h7-12,25H,13H2,1-6H3,(H,24,26);1H/b19-12-;. The van der Waals surface area contributed by atoms with Gasteiger partial charge in [-0.1, -0.05) is 17.7 Å². The Bertz CT molecular complexity index is 951. The number of ether oxygens (including phenoxy) is 2. The van der Waals surface area contributed by atoms with E-state index < -0.39 is 0 Å². The third-order valence-corrected chi connectivity index (χ3v) is 5.04. The van der Waals surface area contributed by atoms with Crippen molar-refractivity contribution in [2.45, 2.75) is 39.7 Å². The Hall–Kier alpha value is -2.50. The van der Waals surface area contributed by atoms with Crippen LogP contribution in [0.3, 0.4) is 0 Å². The molecular weight excluding hydrogens is 388 g/mol. The van der Waals surface area contributed by atoms with Crippen molar-refractivity contribution in [2.24, 2.45) is 0 Å². The van der Waals surface area contributed by atoms with Crippen molar-refractivity contribution in [1.29, 1.82) is 0 Å². The monoisotopic (exact) mass is 416 g/mol. The number of methoxy groups -OCH3 is 2. The summed E-state index contributed by atoms with van der Waals surface area (Å²) in [4.78, 5) is 12.8. The van der Waals surface area contributed by atoms with Gasteiger partial charge in [0, 0.05) is 17.7 Å². The minimum Gasteiger partial charge on any atom is -1.00 e. The molecule has 0 spiro atoms. The SMILES string of the molecule is COc1cc2c(cc1OC)/C(=C/C(=O)Nc1ccc(C)cc1C)[NH2+]C(C)(C)C2.[Cl-]. The number of aryl methyl sites for hydroxylation is 2.